The Morgan fingerprint density at radius 1 is 1.33 bits per heavy atom. The predicted molar refractivity (Wildman–Crippen MR) is 56.3 cm³/mol. The first kappa shape index (κ1) is 11.8. The molecule has 0 bridgehead atoms. The third-order valence-electron chi connectivity index (χ3n) is 2.58. The molecule has 0 saturated heterocycles. The summed E-state index contributed by atoms with van der Waals surface area (Å²) in [5, 5.41) is 11.7. The van der Waals surface area contributed by atoms with E-state index >= 15 is 0 Å². The Morgan fingerprint density at radius 2 is 2.00 bits per heavy atom. The first-order valence-corrected chi connectivity index (χ1v) is 5.19. The van der Waals surface area contributed by atoms with Gasteiger partial charge in [-0.05, 0) is 26.7 Å². The number of hydrogen-bond acceptors (Lipinski definition) is 2. The SMILES string of the molecule is CC(C)=CC(=O)NC1CCCC1C(=O)O. The van der Waals surface area contributed by atoms with Crippen molar-refractivity contribution >= 4 is 11.9 Å². The smallest absolute Gasteiger partial charge is 0.308 e. The van der Waals surface area contributed by atoms with Gasteiger partial charge in [-0.3, -0.25) is 9.59 Å². The van der Waals surface area contributed by atoms with Crippen LogP contribution in [0.3, 0.4) is 0 Å². The molecule has 0 aromatic carbocycles. The van der Waals surface area contributed by atoms with Gasteiger partial charge in [-0.15, -0.1) is 0 Å². The summed E-state index contributed by atoms with van der Waals surface area (Å²) >= 11 is 0. The average molecular weight is 211 g/mol. The van der Waals surface area contributed by atoms with Crippen LogP contribution < -0.4 is 5.32 Å². The van der Waals surface area contributed by atoms with Gasteiger partial charge < -0.3 is 10.4 Å². The quantitative estimate of drug-likeness (QED) is 0.692. The van der Waals surface area contributed by atoms with E-state index in [0.717, 1.165) is 18.4 Å². The van der Waals surface area contributed by atoms with Gasteiger partial charge in [0.25, 0.3) is 0 Å². The second-order valence-electron chi connectivity index (χ2n) is 4.21. The number of nitrogens with one attached hydrogen (secondary N) is 1. The Hall–Kier alpha value is -1.32. The number of hydrogen-bond donors (Lipinski definition) is 2. The van der Waals surface area contributed by atoms with Crippen molar-refractivity contribution in [3.05, 3.63) is 11.6 Å². The molecule has 0 aliphatic heterocycles. The van der Waals surface area contributed by atoms with Gasteiger partial charge in [0, 0.05) is 12.1 Å². The number of aliphatic carboxylic acids is 1. The number of allylic oxidation sites excluding steroid dienone is 1. The van der Waals surface area contributed by atoms with E-state index in [2.05, 4.69) is 5.32 Å². The molecule has 1 aliphatic carbocycles. The van der Waals surface area contributed by atoms with Crippen molar-refractivity contribution in [1.82, 2.24) is 5.32 Å². The maximum absolute atomic E-state index is 11.4. The van der Waals surface area contributed by atoms with Crippen LogP contribution in [0.4, 0.5) is 0 Å². The lowest BCUT2D eigenvalue weighted by Gasteiger charge is -2.16. The molecule has 0 heterocycles. The Kier molecular flexibility index (Phi) is 3.88. The third-order valence-corrected chi connectivity index (χ3v) is 2.58. The van der Waals surface area contributed by atoms with Crippen molar-refractivity contribution in [2.24, 2.45) is 5.92 Å². The molecule has 1 fully saturated rings. The van der Waals surface area contributed by atoms with Gasteiger partial charge in [-0.1, -0.05) is 12.0 Å². The van der Waals surface area contributed by atoms with E-state index in [0.29, 0.717) is 6.42 Å². The monoisotopic (exact) mass is 211 g/mol. The summed E-state index contributed by atoms with van der Waals surface area (Å²) < 4.78 is 0. The molecule has 2 unspecified atom stereocenters. The van der Waals surface area contributed by atoms with Crippen molar-refractivity contribution in [3.8, 4) is 0 Å². The van der Waals surface area contributed by atoms with Crippen LogP contribution in [0, 0.1) is 5.92 Å². The minimum Gasteiger partial charge on any atom is -0.481 e. The number of amides is 1. The fourth-order valence-corrected chi connectivity index (χ4v) is 1.91. The summed E-state index contributed by atoms with van der Waals surface area (Å²) in [6.07, 6.45) is 3.79. The highest BCUT2D eigenvalue weighted by Crippen LogP contribution is 2.25. The Labute approximate surface area is 89.4 Å². The average Bonchev–Trinajstić information content (AvgIpc) is 2.50. The lowest BCUT2D eigenvalue weighted by molar-refractivity contribution is -0.142. The first-order chi connectivity index (χ1) is 7.00. The van der Waals surface area contributed by atoms with Gasteiger partial charge in [0.05, 0.1) is 5.92 Å². The molecular weight excluding hydrogens is 194 g/mol. The molecule has 1 amide bonds. The van der Waals surface area contributed by atoms with Crippen molar-refractivity contribution < 1.29 is 14.7 Å². The minimum absolute atomic E-state index is 0.187. The van der Waals surface area contributed by atoms with E-state index < -0.39 is 11.9 Å². The van der Waals surface area contributed by atoms with Crippen LogP contribution in [0.5, 0.6) is 0 Å². The molecule has 0 spiro atoms. The third kappa shape index (κ3) is 3.38. The van der Waals surface area contributed by atoms with E-state index in [1.165, 1.54) is 6.08 Å². The van der Waals surface area contributed by atoms with E-state index in [9.17, 15) is 9.59 Å². The van der Waals surface area contributed by atoms with E-state index in [4.69, 9.17) is 5.11 Å². The lowest BCUT2D eigenvalue weighted by Crippen LogP contribution is -2.39. The number of carboxylic acid groups (broad SMARTS) is 1. The van der Waals surface area contributed by atoms with E-state index in [-0.39, 0.29) is 11.9 Å². The van der Waals surface area contributed by atoms with E-state index in [1.807, 2.05) is 13.8 Å². The van der Waals surface area contributed by atoms with Crippen LogP contribution in [0.1, 0.15) is 33.1 Å². The normalized spacial score (nSPS) is 24.7. The van der Waals surface area contributed by atoms with Crippen LogP contribution >= 0.6 is 0 Å². The van der Waals surface area contributed by atoms with Gasteiger partial charge in [0.1, 0.15) is 0 Å². The van der Waals surface area contributed by atoms with Gasteiger partial charge in [-0.25, -0.2) is 0 Å². The van der Waals surface area contributed by atoms with E-state index in [1.54, 1.807) is 0 Å². The molecule has 4 heteroatoms. The molecule has 1 rings (SSSR count). The molecule has 4 nitrogen and oxygen atoms in total. The second kappa shape index (κ2) is 4.96. The molecule has 0 aromatic rings. The Balaban J connectivity index is 2.54. The first-order valence-electron chi connectivity index (χ1n) is 5.19. The maximum atomic E-state index is 11.4. The zero-order valence-corrected chi connectivity index (χ0v) is 9.12. The van der Waals surface area contributed by atoms with Gasteiger partial charge >= 0.3 is 5.97 Å². The molecule has 2 atom stereocenters. The van der Waals surface area contributed by atoms with Gasteiger partial charge in [0.15, 0.2) is 0 Å². The highest BCUT2D eigenvalue weighted by Gasteiger charge is 2.33. The summed E-state index contributed by atoms with van der Waals surface area (Å²) in [5.41, 5.74) is 0.914. The number of rotatable bonds is 3. The Morgan fingerprint density at radius 3 is 2.53 bits per heavy atom. The van der Waals surface area contributed by atoms with Crippen LogP contribution in [0.25, 0.3) is 0 Å². The number of carbonyl (C=O) groups is 2. The van der Waals surface area contributed by atoms with Crippen LogP contribution in [0.2, 0.25) is 0 Å². The largest absolute Gasteiger partial charge is 0.481 e. The zero-order chi connectivity index (χ0) is 11.4. The predicted octanol–water partition coefficient (Wildman–Crippen LogP) is 1.32. The van der Waals surface area contributed by atoms with Crippen molar-refractivity contribution in [3.63, 3.8) is 0 Å². The highest BCUT2D eigenvalue weighted by atomic mass is 16.4. The topological polar surface area (TPSA) is 66.4 Å². The minimum atomic E-state index is -0.810. The van der Waals surface area contributed by atoms with Gasteiger partial charge in [0.2, 0.25) is 5.91 Å². The fraction of sp³-hybridized carbons (Fsp3) is 0.636. The Bertz CT molecular complexity index is 292. The van der Waals surface area contributed by atoms with Crippen molar-refractivity contribution in [1.29, 1.82) is 0 Å². The summed E-state index contributed by atoms with van der Waals surface area (Å²) in [4.78, 5) is 22.2. The molecule has 2 N–H and O–H groups in total. The molecule has 1 aliphatic rings. The van der Waals surface area contributed by atoms with Crippen LogP contribution in [-0.2, 0) is 9.59 Å². The highest BCUT2D eigenvalue weighted by molar-refractivity contribution is 5.88. The molecule has 1 saturated carbocycles. The zero-order valence-electron chi connectivity index (χ0n) is 9.12. The summed E-state index contributed by atoms with van der Waals surface area (Å²) in [6.45, 7) is 3.67. The molecule has 84 valence electrons. The number of carboxylic acids is 1. The van der Waals surface area contributed by atoms with Crippen LogP contribution in [-0.4, -0.2) is 23.0 Å². The lowest BCUT2D eigenvalue weighted by atomic mass is 10.0. The van der Waals surface area contributed by atoms with Gasteiger partial charge in [-0.2, -0.15) is 0 Å². The molecule has 15 heavy (non-hydrogen) atoms. The molecule has 0 aromatic heterocycles. The number of carbonyl (C=O) groups excluding carboxylic acids is 1. The second-order valence-corrected chi connectivity index (χ2v) is 4.21. The van der Waals surface area contributed by atoms with Crippen LogP contribution in [0.15, 0.2) is 11.6 Å². The van der Waals surface area contributed by atoms with Crippen molar-refractivity contribution in [2.75, 3.05) is 0 Å². The summed E-state index contributed by atoms with van der Waals surface area (Å²) in [7, 11) is 0. The van der Waals surface area contributed by atoms with Crippen molar-refractivity contribution in [2.45, 2.75) is 39.2 Å². The maximum Gasteiger partial charge on any atom is 0.308 e. The summed E-state index contributed by atoms with van der Waals surface area (Å²) in [5.74, 6) is -1.41. The standard InChI is InChI=1S/C11H17NO3/c1-7(2)6-10(13)12-9-5-3-4-8(9)11(14)15/h6,8-9H,3-5H2,1-2H3,(H,12,13)(H,14,15). The molecule has 0 radical (unpaired) electrons. The fourth-order valence-electron chi connectivity index (χ4n) is 1.91. The molecular formula is C11H17NO3. The summed E-state index contributed by atoms with van der Waals surface area (Å²) in [6, 6.07) is -0.203.